The molecule has 0 aromatic heterocycles. The number of primary amides is 1. The molecule has 0 bridgehead atoms. The molecule has 7 heteroatoms. The summed E-state index contributed by atoms with van der Waals surface area (Å²) in [5.74, 6) is -4.46. The second-order valence-electron chi connectivity index (χ2n) is 4.75. The number of aliphatic carboxylic acids is 1. The number of benzene rings is 1. The highest BCUT2D eigenvalue weighted by molar-refractivity contribution is 6.19. The molecule has 3 N–H and O–H groups in total. The zero-order valence-corrected chi connectivity index (χ0v) is 10.7. The van der Waals surface area contributed by atoms with Crippen LogP contribution in [0.4, 0.5) is 10.1 Å². The van der Waals surface area contributed by atoms with Gasteiger partial charge in [0.05, 0.1) is 0 Å². The van der Waals surface area contributed by atoms with Gasteiger partial charge >= 0.3 is 5.97 Å². The Morgan fingerprint density at radius 2 is 1.95 bits per heavy atom. The fraction of sp³-hybridized carbons (Fsp3) is 0.308. The number of nitrogens with two attached hydrogens (primary N) is 1. The third kappa shape index (κ3) is 1.74. The van der Waals surface area contributed by atoms with Crippen molar-refractivity contribution >= 4 is 23.5 Å². The third-order valence-corrected chi connectivity index (χ3v) is 3.58. The first-order valence-electron chi connectivity index (χ1n) is 5.93. The van der Waals surface area contributed by atoms with Gasteiger partial charge in [0.1, 0.15) is 5.82 Å². The van der Waals surface area contributed by atoms with Gasteiger partial charge in [-0.3, -0.25) is 14.5 Å². The first-order chi connectivity index (χ1) is 9.31. The molecule has 2 amide bonds. The standard InChI is InChI=1S/C13H13FN2O4/c1-7-6-10(17)16(9-4-2-8(14)3-5-9)13(7,11(15)18)12(19)20/h2-5,7H,6H2,1H3,(H2,15,18)(H,19,20). The molecule has 1 aromatic carbocycles. The van der Waals surface area contributed by atoms with Crippen molar-refractivity contribution in [2.45, 2.75) is 18.9 Å². The lowest BCUT2D eigenvalue weighted by molar-refractivity contribution is -0.150. The summed E-state index contributed by atoms with van der Waals surface area (Å²) in [6.07, 6.45) is -0.118. The largest absolute Gasteiger partial charge is 0.479 e. The molecule has 0 spiro atoms. The Balaban J connectivity index is 2.63. The lowest BCUT2D eigenvalue weighted by Gasteiger charge is -2.34. The van der Waals surface area contributed by atoms with E-state index in [-0.39, 0.29) is 12.1 Å². The van der Waals surface area contributed by atoms with Crippen molar-refractivity contribution in [1.82, 2.24) is 0 Å². The minimum Gasteiger partial charge on any atom is -0.479 e. The Bertz CT molecular complexity index is 571. The monoisotopic (exact) mass is 280 g/mol. The minimum absolute atomic E-state index is 0.118. The van der Waals surface area contributed by atoms with Gasteiger partial charge in [0.15, 0.2) is 0 Å². The maximum absolute atomic E-state index is 12.9. The number of carbonyl (C=O) groups is 3. The molecule has 0 aliphatic carbocycles. The molecule has 1 aliphatic heterocycles. The lowest BCUT2D eigenvalue weighted by atomic mass is 9.85. The van der Waals surface area contributed by atoms with Crippen LogP contribution < -0.4 is 10.6 Å². The molecule has 1 saturated heterocycles. The van der Waals surface area contributed by atoms with Gasteiger partial charge in [0, 0.05) is 18.0 Å². The molecule has 1 heterocycles. The summed E-state index contributed by atoms with van der Waals surface area (Å²) in [6.45, 7) is 1.47. The smallest absolute Gasteiger partial charge is 0.340 e. The Morgan fingerprint density at radius 1 is 1.40 bits per heavy atom. The van der Waals surface area contributed by atoms with Crippen LogP contribution in [0.5, 0.6) is 0 Å². The molecular formula is C13H13FN2O4. The maximum Gasteiger partial charge on any atom is 0.340 e. The van der Waals surface area contributed by atoms with E-state index >= 15 is 0 Å². The van der Waals surface area contributed by atoms with Gasteiger partial charge in [-0.1, -0.05) is 6.92 Å². The van der Waals surface area contributed by atoms with Gasteiger partial charge in [-0.05, 0) is 24.3 Å². The van der Waals surface area contributed by atoms with E-state index in [9.17, 15) is 23.9 Å². The zero-order valence-electron chi connectivity index (χ0n) is 10.7. The average Bonchev–Trinajstić information content (AvgIpc) is 2.62. The topological polar surface area (TPSA) is 101 Å². The quantitative estimate of drug-likeness (QED) is 0.787. The predicted molar refractivity (Wildman–Crippen MR) is 67.2 cm³/mol. The van der Waals surface area contributed by atoms with Crippen molar-refractivity contribution in [3.63, 3.8) is 0 Å². The molecule has 1 fully saturated rings. The van der Waals surface area contributed by atoms with Crippen molar-refractivity contribution in [3.05, 3.63) is 30.1 Å². The van der Waals surface area contributed by atoms with Crippen LogP contribution in [0.3, 0.4) is 0 Å². The molecule has 1 aromatic rings. The number of carboxylic acid groups (broad SMARTS) is 1. The van der Waals surface area contributed by atoms with Gasteiger partial charge in [0.25, 0.3) is 5.91 Å². The minimum atomic E-state index is -2.14. The van der Waals surface area contributed by atoms with Crippen LogP contribution in [0.2, 0.25) is 0 Å². The SMILES string of the molecule is CC1CC(=O)N(c2ccc(F)cc2)C1(C(N)=O)C(=O)O. The molecule has 20 heavy (non-hydrogen) atoms. The van der Waals surface area contributed by atoms with E-state index in [1.54, 1.807) is 0 Å². The summed E-state index contributed by atoms with van der Waals surface area (Å²) in [7, 11) is 0. The van der Waals surface area contributed by atoms with Crippen molar-refractivity contribution < 1.29 is 23.9 Å². The Labute approximate surface area is 114 Å². The summed E-state index contributed by atoms with van der Waals surface area (Å²) in [6, 6.07) is 4.65. The molecule has 6 nitrogen and oxygen atoms in total. The number of rotatable bonds is 3. The number of anilines is 1. The fourth-order valence-corrected chi connectivity index (χ4v) is 2.62. The van der Waals surface area contributed by atoms with Crippen LogP contribution in [-0.2, 0) is 14.4 Å². The maximum atomic E-state index is 12.9. The third-order valence-electron chi connectivity index (χ3n) is 3.58. The molecule has 2 atom stereocenters. The summed E-state index contributed by atoms with van der Waals surface area (Å²) in [5.41, 5.74) is 3.24. The number of halogens is 1. The second kappa shape index (κ2) is 4.59. The van der Waals surface area contributed by atoms with Gasteiger partial charge in [-0.15, -0.1) is 0 Å². The fourth-order valence-electron chi connectivity index (χ4n) is 2.62. The van der Waals surface area contributed by atoms with Crippen molar-refractivity contribution in [3.8, 4) is 0 Å². The lowest BCUT2D eigenvalue weighted by Crippen LogP contribution is -2.63. The van der Waals surface area contributed by atoms with Gasteiger partial charge in [0.2, 0.25) is 11.4 Å². The normalized spacial score (nSPS) is 25.8. The van der Waals surface area contributed by atoms with Crippen LogP contribution in [-0.4, -0.2) is 28.4 Å². The second-order valence-corrected chi connectivity index (χ2v) is 4.75. The summed E-state index contributed by atoms with van der Waals surface area (Å²) >= 11 is 0. The van der Waals surface area contributed by atoms with Crippen molar-refractivity contribution in [1.29, 1.82) is 0 Å². The number of nitrogens with zero attached hydrogens (tertiary/aromatic N) is 1. The van der Waals surface area contributed by atoms with Crippen molar-refractivity contribution in [2.24, 2.45) is 11.7 Å². The first-order valence-corrected chi connectivity index (χ1v) is 5.93. The van der Waals surface area contributed by atoms with E-state index in [2.05, 4.69) is 0 Å². The molecule has 0 saturated carbocycles. The highest BCUT2D eigenvalue weighted by Gasteiger charge is 2.61. The highest BCUT2D eigenvalue weighted by atomic mass is 19.1. The van der Waals surface area contributed by atoms with E-state index in [0.29, 0.717) is 0 Å². The number of carbonyl (C=O) groups excluding carboxylic acids is 2. The van der Waals surface area contributed by atoms with E-state index in [1.165, 1.54) is 19.1 Å². The van der Waals surface area contributed by atoms with Crippen molar-refractivity contribution in [2.75, 3.05) is 4.90 Å². The Morgan fingerprint density at radius 3 is 2.40 bits per heavy atom. The molecule has 0 radical (unpaired) electrons. The Kier molecular flexibility index (Phi) is 3.21. The first kappa shape index (κ1) is 14.0. The van der Waals surface area contributed by atoms with Gasteiger partial charge in [-0.2, -0.15) is 0 Å². The zero-order chi connectivity index (χ0) is 15.1. The predicted octanol–water partition coefficient (Wildman–Crippen LogP) is 0.507. The van der Waals surface area contributed by atoms with Crippen LogP contribution in [0.25, 0.3) is 0 Å². The van der Waals surface area contributed by atoms with Crippen LogP contribution in [0.15, 0.2) is 24.3 Å². The number of carboxylic acids is 1. The number of amides is 2. The number of hydrogen-bond acceptors (Lipinski definition) is 3. The summed E-state index contributed by atoms with van der Waals surface area (Å²) in [5, 5.41) is 9.44. The van der Waals surface area contributed by atoms with Crippen LogP contribution >= 0.6 is 0 Å². The molecule has 106 valence electrons. The van der Waals surface area contributed by atoms with E-state index < -0.39 is 35.1 Å². The average molecular weight is 280 g/mol. The van der Waals surface area contributed by atoms with E-state index in [1.807, 2.05) is 0 Å². The van der Waals surface area contributed by atoms with E-state index in [0.717, 1.165) is 17.0 Å². The van der Waals surface area contributed by atoms with Crippen LogP contribution in [0.1, 0.15) is 13.3 Å². The summed E-state index contributed by atoms with van der Waals surface area (Å²) < 4.78 is 12.9. The van der Waals surface area contributed by atoms with Gasteiger partial charge in [-0.25, -0.2) is 9.18 Å². The number of hydrogen-bond donors (Lipinski definition) is 2. The molecule has 2 rings (SSSR count). The molecular weight excluding hydrogens is 267 g/mol. The molecule has 2 unspecified atom stereocenters. The van der Waals surface area contributed by atoms with Crippen LogP contribution in [0, 0.1) is 11.7 Å². The summed E-state index contributed by atoms with van der Waals surface area (Å²) in [4.78, 5) is 36.3. The van der Waals surface area contributed by atoms with E-state index in [4.69, 9.17) is 5.73 Å². The molecule has 1 aliphatic rings. The Hall–Kier alpha value is -2.44. The van der Waals surface area contributed by atoms with Gasteiger partial charge < -0.3 is 10.8 Å². The highest BCUT2D eigenvalue weighted by Crippen LogP contribution is 2.39.